The molecule has 0 radical (unpaired) electrons. The molecule has 2 nitrogen and oxygen atoms in total. The van der Waals surface area contributed by atoms with E-state index in [0.717, 1.165) is 24.7 Å². The third kappa shape index (κ3) is 4.50. The summed E-state index contributed by atoms with van der Waals surface area (Å²) in [5.41, 5.74) is 0. The number of hydrogen-bond acceptors (Lipinski definition) is 1. The smallest absolute Gasteiger partial charge is 0.220 e. The Hall–Kier alpha value is -0.530. The minimum absolute atomic E-state index is 0.302. The quantitative estimate of drug-likeness (QED) is 0.807. The van der Waals surface area contributed by atoms with Crippen LogP contribution in [0, 0.1) is 17.8 Å². The van der Waals surface area contributed by atoms with Gasteiger partial charge in [0.2, 0.25) is 5.91 Å². The normalized spacial score (nSPS) is 33.1. The van der Waals surface area contributed by atoms with E-state index in [0.29, 0.717) is 17.9 Å². The van der Waals surface area contributed by atoms with Gasteiger partial charge >= 0.3 is 0 Å². The first-order valence-corrected chi connectivity index (χ1v) is 8.46. The summed E-state index contributed by atoms with van der Waals surface area (Å²) in [6.07, 6.45) is 12.5. The van der Waals surface area contributed by atoms with E-state index in [9.17, 15) is 4.79 Å². The maximum Gasteiger partial charge on any atom is 0.220 e. The highest BCUT2D eigenvalue weighted by Crippen LogP contribution is 2.30. The summed E-state index contributed by atoms with van der Waals surface area (Å²) in [6, 6.07) is 0.433. The molecule has 19 heavy (non-hydrogen) atoms. The molecule has 0 heterocycles. The van der Waals surface area contributed by atoms with Gasteiger partial charge in [0.05, 0.1) is 0 Å². The standard InChI is InChI=1S/C17H31NO/c1-13-7-6-10-16(14(13)2)18-17(19)12-11-15-8-4-3-5-9-15/h13-16H,3-12H2,1-2H3,(H,18,19)/t13-,14-,16+/m1/s1. The van der Waals surface area contributed by atoms with Gasteiger partial charge in [-0.05, 0) is 30.6 Å². The van der Waals surface area contributed by atoms with Crippen LogP contribution in [-0.2, 0) is 4.79 Å². The molecule has 2 heteroatoms. The van der Waals surface area contributed by atoms with Gasteiger partial charge in [0, 0.05) is 12.5 Å². The zero-order chi connectivity index (χ0) is 13.7. The summed E-state index contributed by atoms with van der Waals surface area (Å²) in [5, 5.41) is 3.30. The van der Waals surface area contributed by atoms with Crippen LogP contribution in [0.1, 0.15) is 78.1 Å². The van der Waals surface area contributed by atoms with Crippen molar-refractivity contribution in [1.29, 1.82) is 0 Å². The Balaban J connectivity index is 1.68. The van der Waals surface area contributed by atoms with Crippen LogP contribution in [0.4, 0.5) is 0 Å². The Morgan fingerprint density at radius 3 is 2.47 bits per heavy atom. The number of carbonyl (C=O) groups excluding carboxylic acids is 1. The predicted molar refractivity (Wildman–Crippen MR) is 79.9 cm³/mol. The Morgan fingerprint density at radius 2 is 1.74 bits per heavy atom. The van der Waals surface area contributed by atoms with Gasteiger partial charge in [0.25, 0.3) is 0 Å². The highest BCUT2D eigenvalue weighted by Gasteiger charge is 2.28. The molecule has 0 aromatic heterocycles. The first kappa shape index (κ1) is 14.9. The van der Waals surface area contributed by atoms with Gasteiger partial charge in [-0.15, -0.1) is 0 Å². The van der Waals surface area contributed by atoms with Crippen molar-refractivity contribution in [3.8, 4) is 0 Å². The molecule has 2 rings (SSSR count). The molecule has 0 aliphatic heterocycles. The zero-order valence-corrected chi connectivity index (χ0v) is 12.8. The molecule has 0 saturated heterocycles. The highest BCUT2D eigenvalue weighted by atomic mass is 16.1. The molecule has 1 amide bonds. The van der Waals surface area contributed by atoms with Gasteiger partial charge in [-0.2, -0.15) is 0 Å². The SMILES string of the molecule is C[C@@H]1[C@H](C)CCC[C@@H]1NC(=O)CCC1CCCCC1. The molecule has 0 unspecified atom stereocenters. The molecule has 110 valence electrons. The van der Waals surface area contributed by atoms with Gasteiger partial charge < -0.3 is 5.32 Å². The Morgan fingerprint density at radius 1 is 1.00 bits per heavy atom. The first-order chi connectivity index (χ1) is 9.16. The Kier molecular flexibility index (Phi) is 5.72. The number of nitrogens with one attached hydrogen (secondary N) is 1. The van der Waals surface area contributed by atoms with Crippen LogP contribution in [0.2, 0.25) is 0 Å². The first-order valence-electron chi connectivity index (χ1n) is 8.46. The minimum atomic E-state index is 0.302. The van der Waals surface area contributed by atoms with Crippen molar-refractivity contribution >= 4 is 5.91 Å². The summed E-state index contributed by atoms with van der Waals surface area (Å²) in [5.74, 6) is 2.53. The molecule has 0 spiro atoms. The maximum absolute atomic E-state index is 12.1. The van der Waals surface area contributed by atoms with Gasteiger partial charge in [-0.25, -0.2) is 0 Å². The van der Waals surface area contributed by atoms with E-state index < -0.39 is 0 Å². The summed E-state index contributed by atoms with van der Waals surface area (Å²) >= 11 is 0. The molecule has 1 N–H and O–H groups in total. The molecule has 2 saturated carbocycles. The fourth-order valence-electron chi connectivity index (χ4n) is 3.88. The Labute approximate surface area is 118 Å². The third-order valence-corrected chi connectivity index (χ3v) is 5.56. The zero-order valence-electron chi connectivity index (χ0n) is 12.8. The minimum Gasteiger partial charge on any atom is -0.353 e. The molecular formula is C17H31NO. The Bertz CT molecular complexity index is 283. The summed E-state index contributed by atoms with van der Waals surface area (Å²) in [4.78, 5) is 12.1. The number of rotatable bonds is 4. The second kappa shape index (κ2) is 7.31. The second-order valence-electron chi connectivity index (χ2n) is 6.98. The van der Waals surface area contributed by atoms with Gasteiger partial charge in [-0.3, -0.25) is 4.79 Å². The van der Waals surface area contributed by atoms with Crippen LogP contribution < -0.4 is 5.32 Å². The molecule has 0 bridgehead atoms. The lowest BCUT2D eigenvalue weighted by molar-refractivity contribution is -0.122. The second-order valence-corrected chi connectivity index (χ2v) is 6.98. The molecule has 2 aliphatic rings. The highest BCUT2D eigenvalue weighted by molar-refractivity contribution is 5.76. The summed E-state index contributed by atoms with van der Waals surface area (Å²) < 4.78 is 0. The average Bonchev–Trinajstić information content (AvgIpc) is 2.43. The lowest BCUT2D eigenvalue weighted by Crippen LogP contribution is -2.43. The van der Waals surface area contributed by atoms with Crippen molar-refractivity contribution in [3.05, 3.63) is 0 Å². The number of carbonyl (C=O) groups is 1. The molecule has 2 fully saturated rings. The van der Waals surface area contributed by atoms with Crippen molar-refractivity contribution in [2.24, 2.45) is 17.8 Å². The summed E-state index contributed by atoms with van der Waals surface area (Å²) in [7, 11) is 0. The average molecular weight is 265 g/mol. The maximum atomic E-state index is 12.1. The van der Waals surface area contributed by atoms with Crippen LogP contribution in [0.25, 0.3) is 0 Å². The van der Waals surface area contributed by atoms with Crippen molar-refractivity contribution < 1.29 is 4.79 Å². The molecule has 0 aromatic rings. The van der Waals surface area contributed by atoms with Gasteiger partial charge in [-0.1, -0.05) is 58.8 Å². The fourth-order valence-corrected chi connectivity index (χ4v) is 3.88. The predicted octanol–water partition coefficient (Wildman–Crippen LogP) is 4.29. The van der Waals surface area contributed by atoms with E-state index in [-0.39, 0.29) is 0 Å². The largest absolute Gasteiger partial charge is 0.353 e. The van der Waals surface area contributed by atoms with E-state index in [4.69, 9.17) is 0 Å². The monoisotopic (exact) mass is 265 g/mol. The molecule has 2 aliphatic carbocycles. The van der Waals surface area contributed by atoms with Crippen molar-refractivity contribution in [2.75, 3.05) is 0 Å². The van der Waals surface area contributed by atoms with Gasteiger partial charge in [0.1, 0.15) is 0 Å². The number of hydrogen-bond donors (Lipinski definition) is 1. The van der Waals surface area contributed by atoms with Crippen LogP contribution >= 0.6 is 0 Å². The van der Waals surface area contributed by atoms with Crippen LogP contribution in [0.15, 0.2) is 0 Å². The van der Waals surface area contributed by atoms with E-state index >= 15 is 0 Å². The van der Waals surface area contributed by atoms with Crippen molar-refractivity contribution in [1.82, 2.24) is 5.32 Å². The van der Waals surface area contributed by atoms with E-state index in [1.54, 1.807) is 0 Å². The molecular weight excluding hydrogens is 234 g/mol. The fraction of sp³-hybridized carbons (Fsp3) is 0.941. The van der Waals surface area contributed by atoms with E-state index in [1.807, 2.05) is 0 Å². The number of amides is 1. The van der Waals surface area contributed by atoms with E-state index in [2.05, 4.69) is 19.2 Å². The topological polar surface area (TPSA) is 29.1 Å². The van der Waals surface area contributed by atoms with Gasteiger partial charge in [0.15, 0.2) is 0 Å². The third-order valence-electron chi connectivity index (χ3n) is 5.56. The van der Waals surface area contributed by atoms with Crippen molar-refractivity contribution in [2.45, 2.75) is 84.1 Å². The van der Waals surface area contributed by atoms with Crippen molar-refractivity contribution in [3.63, 3.8) is 0 Å². The lowest BCUT2D eigenvalue weighted by atomic mass is 9.78. The molecule has 3 atom stereocenters. The summed E-state index contributed by atoms with van der Waals surface area (Å²) in [6.45, 7) is 4.63. The lowest BCUT2D eigenvalue weighted by Gasteiger charge is -2.34. The van der Waals surface area contributed by atoms with Crippen LogP contribution in [0.3, 0.4) is 0 Å². The van der Waals surface area contributed by atoms with E-state index in [1.165, 1.54) is 51.4 Å². The van der Waals surface area contributed by atoms with Crippen LogP contribution in [-0.4, -0.2) is 11.9 Å². The molecule has 0 aromatic carbocycles. The van der Waals surface area contributed by atoms with Crippen LogP contribution in [0.5, 0.6) is 0 Å².